The van der Waals surface area contributed by atoms with E-state index in [0.717, 1.165) is 11.6 Å². The average molecular weight is 508 g/mol. The van der Waals surface area contributed by atoms with Crippen LogP contribution in [0.1, 0.15) is 56.7 Å². The summed E-state index contributed by atoms with van der Waals surface area (Å²) in [6, 6.07) is 4.74. The molecule has 1 aromatic heterocycles. The number of likely N-dealkylation sites (tertiary alicyclic amines) is 1. The van der Waals surface area contributed by atoms with Gasteiger partial charge in [0.25, 0.3) is 0 Å². The van der Waals surface area contributed by atoms with Crippen LogP contribution in [0.3, 0.4) is 0 Å². The van der Waals surface area contributed by atoms with Gasteiger partial charge in [0.2, 0.25) is 0 Å². The van der Waals surface area contributed by atoms with Crippen molar-refractivity contribution in [1.82, 2.24) is 19.6 Å². The number of urea groups is 1. The third-order valence-corrected chi connectivity index (χ3v) is 6.40. The first-order valence-corrected chi connectivity index (χ1v) is 12.1. The molecule has 2 aliphatic rings. The summed E-state index contributed by atoms with van der Waals surface area (Å²) >= 11 is 0. The Bertz CT molecular complexity index is 1120. The van der Waals surface area contributed by atoms with Gasteiger partial charge in [-0.2, -0.15) is 18.3 Å². The summed E-state index contributed by atoms with van der Waals surface area (Å²) < 4.78 is 48.0. The molecule has 8 nitrogen and oxygen atoms in total. The molecule has 11 heteroatoms. The van der Waals surface area contributed by atoms with Gasteiger partial charge in [-0.15, -0.1) is 0 Å². The van der Waals surface area contributed by atoms with Gasteiger partial charge in [-0.1, -0.05) is 18.2 Å². The van der Waals surface area contributed by atoms with Crippen molar-refractivity contribution in [3.05, 3.63) is 47.2 Å². The van der Waals surface area contributed by atoms with E-state index in [1.54, 1.807) is 27.7 Å². The predicted octanol–water partition coefficient (Wildman–Crippen LogP) is 5.17. The van der Waals surface area contributed by atoms with Crippen LogP contribution < -0.4 is 4.90 Å². The Morgan fingerprint density at radius 3 is 2.56 bits per heavy atom. The van der Waals surface area contributed by atoms with Crippen molar-refractivity contribution in [2.24, 2.45) is 7.05 Å². The van der Waals surface area contributed by atoms with Crippen LogP contribution in [0.25, 0.3) is 0 Å². The van der Waals surface area contributed by atoms with Gasteiger partial charge in [-0.25, -0.2) is 9.59 Å². The van der Waals surface area contributed by atoms with Gasteiger partial charge >= 0.3 is 18.3 Å². The van der Waals surface area contributed by atoms with Crippen molar-refractivity contribution in [3.8, 4) is 0 Å². The average Bonchev–Trinajstić information content (AvgIpc) is 2.98. The molecule has 196 valence electrons. The molecular weight excluding hydrogens is 475 g/mol. The van der Waals surface area contributed by atoms with Crippen LogP contribution in [-0.2, 0) is 31.1 Å². The maximum absolute atomic E-state index is 13.7. The van der Waals surface area contributed by atoms with Gasteiger partial charge in [0.1, 0.15) is 5.60 Å². The molecular formula is C25H32F3N5O3. The maximum atomic E-state index is 13.7. The van der Waals surface area contributed by atoms with E-state index in [2.05, 4.69) is 5.10 Å². The van der Waals surface area contributed by atoms with Gasteiger partial charge in [0, 0.05) is 37.9 Å². The van der Waals surface area contributed by atoms with Crippen molar-refractivity contribution >= 4 is 17.9 Å². The number of alkyl halides is 3. The van der Waals surface area contributed by atoms with E-state index in [-0.39, 0.29) is 30.3 Å². The van der Waals surface area contributed by atoms with E-state index in [1.165, 1.54) is 23.1 Å². The highest BCUT2D eigenvalue weighted by Crippen LogP contribution is 2.36. The van der Waals surface area contributed by atoms with E-state index in [0.29, 0.717) is 44.7 Å². The lowest BCUT2D eigenvalue weighted by molar-refractivity contribution is -0.138. The summed E-state index contributed by atoms with van der Waals surface area (Å²) in [6.45, 7) is 6.47. The molecule has 0 saturated carbocycles. The summed E-state index contributed by atoms with van der Waals surface area (Å²) in [6.07, 6.45) is -1.21. The summed E-state index contributed by atoms with van der Waals surface area (Å²) in [5.41, 5.74) is -0.589. The zero-order chi connectivity index (χ0) is 26.3. The van der Waals surface area contributed by atoms with Crippen molar-refractivity contribution < 1.29 is 27.5 Å². The molecule has 4 rings (SSSR count). The van der Waals surface area contributed by atoms with E-state index < -0.39 is 17.3 Å². The zero-order valence-corrected chi connectivity index (χ0v) is 21.0. The molecule has 1 unspecified atom stereocenters. The van der Waals surface area contributed by atoms with Gasteiger partial charge in [-0.05, 0) is 51.7 Å². The lowest BCUT2D eigenvalue weighted by Gasteiger charge is -2.39. The molecule has 1 aromatic carbocycles. The third-order valence-electron chi connectivity index (χ3n) is 6.40. The largest absolute Gasteiger partial charge is 0.444 e. The first kappa shape index (κ1) is 25.8. The Balaban J connectivity index is 1.57. The number of halogens is 3. The molecule has 2 aromatic rings. The molecule has 1 atom stereocenters. The molecule has 1 saturated heterocycles. The van der Waals surface area contributed by atoms with Crippen LogP contribution >= 0.6 is 0 Å². The number of ether oxygens (including phenoxy) is 1. The van der Waals surface area contributed by atoms with Gasteiger partial charge < -0.3 is 14.5 Å². The fourth-order valence-electron chi connectivity index (χ4n) is 4.79. The number of aromatic nitrogens is 2. The SMILES string of the molecule is Cn1cc2c(n1)N(Cc1ccccc1C(F)(F)F)C(=O)N(C1CCCN(C(=O)OC(C)(C)C)CC1)C2. The Hall–Kier alpha value is -3.24. The quantitative estimate of drug-likeness (QED) is 0.575. The highest BCUT2D eigenvalue weighted by atomic mass is 19.4. The van der Waals surface area contributed by atoms with Crippen molar-refractivity contribution in [2.75, 3.05) is 18.0 Å². The molecule has 36 heavy (non-hydrogen) atoms. The van der Waals surface area contributed by atoms with Crippen molar-refractivity contribution in [3.63, 3.8) is 0 Å². The normalized spacial score (nSPS) is 19.2. The number of carbonyl (C=O) groups is 2. The van der Waals surface area contributed by atoms with Crippen LogP contribution in [0.15, 0.2) is 30.5 Å². The molecule has 0 bridgehead atoms. The maximum Gasteiger partial charge on any atom is 0.416 e. The Morgan fingerprint density at radius 1 is 1.14 bits per heavy atom. The molecule has 2 aliphatic heterocycles. The molecule has 3 amide bonds. The summed E-state index contributed by atoms with van der Waals surface area (Å²) in [5.74, 6) is 0.375. The Kier molecular flexibility index (Phi) is 6.94. The standard InChI is InChI=1S/C25H32F3N5O3/c1-24(2,3)36-23(35)31-12-7-9-19(11-13-31)32-16-18-14-30(4)29-21(18)33(22(32)34)15-17-8-5-6-10-20(17)25(26,27)28/h5-6,8,10,14,19H,7,9,11-13,15-16H2,1-4H3. The second-order valence-corrected chi connectivity index (χ2v) is 10.4. The molecule has 1 fully saturated rings. The molecule has 0 radical (unpaired) electrons. The topological polar surface area (TPSA) is 70.9 Å². The number of amides is 3. The van der Waals surface area contributed by atoms with Gasteiger partial charge in [-0.3, -0.25) is 9.58 Å². The summed E-state index contributed by atoms with van der Waals surface area (Å²) in [7, 11) is 1.72. The van der Waals surface area contributed by atoms with E-state index >= 15 is 0 Å². The Labute approximate surface area is 208 Å². The minimum Gasteiger partial charge on any atom is -0.444 e. The monoisotopic (exact) mass is 507 g/mol. The van der Waals surface area contributed by atoms with Crippen molar-refractivity contribution in [2.45, 2.75) is 70.9 Å². The first-order chi connectivity index (χ1) is 16.8. The van der Waals surface area contributed by atoms with Gasteiger partial charge in [0.15, 0.2) is 5.82 Å². The number of anilines is 1. The van der Waals surface area contributed by atoms with Crippen LogP contribution in [-0.4, -0.2) is 56.4 Å². The minimum absolute atomic E-state index is 0.00812. The Morgan fingerprint density at radius 2 is 1.86 bits per heavy atom. The zero-order valence-electron chi connectivity index (χ0n) is 21.0. The fourth-order valence-corrected chi connectivity index (χ4v) is 4.79. The highest BCUT2D eigenvalue weighted by molar-refractivity contribution is 5.94. The van der Waals surface area contributed by atoms with Gasteiger partial charge in [0.05, 0.1) is 18.7 Å². The number of hydrogen-bond acceptors (Lipinski definition) is 4. The number of nitrogens with zero attached hydrogens (tertiary/aromatic N) is 5. The van der Waals surface area contributed by atoms with Crippen LogP contribution in [0.5, 0.6) is 0 Å². The number of carbonyl (C=O) groups excluding carboxylic acids is 2. The smallest absolute Gasteiger partial charge is 0.416 e. The lowest BCUT2D eigenvalue weighted by Crippen LogP contribution is -2.51. The number of aryl methyl sites for hydroxylation is 1. The highest BCUT2D eigenvalue weighted by Gasteiger charge is 2.40. The molecule has 3 heterocycles. The van der Waals surface area contributed by atoms with Crippen LogP contribution in [0.4, 0.5) is 28.6 Å². The van der Waals surface area contributed by atoms with E-state index in [9.17, 15) is 22.8 Å². The second kappa shape index (κ2) is 9.67. The molecule has 0 spiro atoms. The number of fused-ring (bicyclic) bond motifs is 1. The fraction of sp³-hybridized carbons (Fsp3) is 0.560. The third kappa shape index (κ3) is 5.60. The number of hydrogen-bond donors (Lipinski definition) is 0. The summed E-state index contributed by atoms with van der Waals surface area (Å²) in [4.78, 5) is 31.0. The minimum atomic E-state index is -4.53. The van der Waals surface area contributed by atoms with E-state index in [1.807, 2.05) is 20.8 Å². The predicted molar refractivity (Wildman–Crippen MR) is 127 cm³/mol. The molecule has 0 N–H and O–H groups in total. The van der Waals surface area contributed by atoms with Crippen molar-refractivity contribution in [1.29, 1.82) is 0 Å². The summed E-state index contributed by atoms with van der Waals surface area (Å²) in [5, 5.41) is 4.38. The molecule has 0 aliphatic carbocycles. The van der Waals surface area contributed by atoms with Crippen LogP contribution in [0.2, 0.25) is 0 Å². The first-order valence-electron chi connectivity index (χ1n) is 12.1. The van der Waals surface area contributed by atoms with E-state index in [4.69, 9.17) is 4.74 Å². The lowest BCUT2D eigenvalue weighted by atomic mass is 10.0. The number of benzene rings is 1. The second-order valence-electron chi connectivity index (χ2n) is 10.4. The van der Waals surface area contributed by atoms with Crippen LogP contribution in [0, 0.1) is 0 Å². The number of rotatable bonds is 3.